The van der Waals surface area contributed by atoms with Crippen LogP contribution in [0.3, 0.4) is 0 Å². The summed E-state index contributed by atoms with van der Waals surface area (Å²) in [5, 5.41) is 3.09. The maximum absolute atomic E-state index is 12.7. The number of amides is 1. The third kappa shape index (κ3) is 4.63. The van der Waals surface area contributed by atoms with E-state index < -0.39 is 0 Å². The van der Waals surface area contributed by atoms with E-state index in [9.17, 15) is 4.79 Å². The Bertz CT molecular complexity index is 816. The Morgan fingerprint density at radius 1 is 1.14 bits per heavy atom. The van der Waals surface area contributed by atoms with Crippen molar-refractivity contribution in [3.63, 3.8) is 0 Å². The second-order valence-electron chi connectivity index (χ2n) is 7.55. The molecule has 0 radical (unpaired) electrons. The molecule has 0 aliphatic carbocycles. The molecule has 7 heteroatoms. The van der Waals surface area contributed by atoms with Gasteiger partial charge in [-0.3, -0.25) is 14.6 Å². The monoisotopic (exact) mass is 398 g/mol. The van der Waals surface area contributed by atoms with Crippen molar-refractivity contribution in [2.75, 3.05) is 59.6 Å². The molecule has 1 saturated heterocycles. The number of aromatic nitrogens is 1. The lowest BCUT2D eigenvalue weighted by molar-refractivity contribution is -0.123. The van der Waals surface area contributed by atoms with Gasteiger partial charge in [-0.2, -0.15) is 0 Å². The van der Waals surface area contributed by atoms with Crippen LogP contribution in [0.4, 0.5) is 0 Å². The summed E-state index contributed by atoms with van der Waals surface area (Å²) in [6, 6.07) is 12.3. The molecule has 1 aromatic carbocycles. The Kier molecular flexibility index (Phi) is 6.49. The first-order chi connectivity index (χ1) is 14.3. The average molecular weight is 399 g/mol. The number of para-hydroxylation sites is 1. The van der Waals surface area contributed by atoms with Crippen molar-refractivity contribution in [2.24, 2.45) is 0 Å². The van der Waals surface area contributed by atoms with E-state index in [1.165, 1.54) is 5.69 Å². The van der Waals surface area contributed by atoms with Crippen LogP contribution in [0.1, 0.15) is 17.3 Å². The first-order valence-corrected chi connectivity index (χ1v) is 10.3. The van der Waals surface area contributed by atoms with Crippen LogP contribution in [0.15, 0.2) is 42.6 Å². The number of ether oxygens (including phenoxy) is 2. The number of carbonyl (C=O) groups is 1. The molecule has 0 spiro atoms. The molecule has 0 bridgehead atoms. The molecule has 1 atom stereocenters. The van der Waals surface area contributed by atoms with Crippen molar-refractivity contribution in [3.05, 3.63) is 53.9 Å². The number of rotatable bonds is 7. The molecule has 0 saturated carbocycles. The summed E-state index contributed by atoms with van der Waals surface area (Å²) in [7, 11) is 1.70. The summed E-state index contributed by atoms with van der Waals surface area (Å²) in [4.78, 5) is 17.3. The van der Waals surface area contributed by atoms with Crippen molar-refractivity contribution in [2.45, 2.75) is 12.6 Å². The minimum atomic E-state index is -0.0000988. The Morgan fingerprint density at radius 3 is 2.79 bits per heavy atom. The molecular weight excluding hydrogens is 368 g/mol. The molecular formula is C22H30N4O3. The number of nitrogens with zero attached hydrogens (tertiary/aromatic N) is 3. The Hall–Kier alpha value is -2.35. The fourth-order valence-electron chi connectivity index (χ4n) is 4.27. The summed E-state index contributed by atoms with van der Waals surface area (Å²) < 4.78 is 13.3. The molecule has 1 fully saturated rings. The Morgan fingerprint density at radius 2 is 1.97 bits per heavy atom. The molecule has 2 aromatic rings. The van der Waals surface area contributed by atoms with Crippen LogP contribution in [-0.2, 0) is 16.1 Å². The smallest absolute Gasteiger partial charge is 0.234 e. The molecule has 1 N–H and O–H groups in total. The predicted molar refractivity (Wildman–Crippen MR) is 111 cm³/mol. The van der Waals surface area contributed by atoms with Gasteiger partial charge in [-0.15, -0.1) is 0 Å². The molecule has 1 aromatic heterocycles. The highest BCUT2D eigenvalue weighted by Gasteiger charge is 2.31. The molecule has 4 rings (SSSR count). The zero-order valence-electron chi connectivity index (χ0n) is 17.0. The maximum Gasteiger partial charge on any atom is 0.234 e. The van der Waals surface area contributed by atoms with E-state index in [1.54, 1.807) is 7.11 Å². The summed E-state index contributed by atoms with van der Waals surface area (Å²) in [5.41, 5.74) is 2.29. The lowest BCUT2D eigenvalue weighted by atomic mass is 9.99. The van der Waals surface area contributed by atoms with Gasteiger partial charge in [-0.05, 0) is 18.2 Å². The molecule has 7 nitrogen and oxygen atoms in total. The minimum absolute atomic E-state index is 0.0000988. The number of morpholine rings is 1. The summed E-state index contributed by atoms with van der Waals surface area (Å²) in [6.45, 7) is 7.05. The highest BCUT2D eigenvalue weighted by molar-refractivity contribution is 5.78. The van der Waals surface area contributed by atoms with Gasteiger partial charge >= 0.3 is 0 Å². The van der Waals surface area contributed by atoms with Gasteiger partial charge in [0.05, 0.1) is 32.9 Å². The Balaban J connectivity index is 1.43. The number of hydrogen-bond acceptors (Lipinski definition) is 5. The highest BCUT2D eigenvalue weighted by Crippen LogP contribution is 2.36. The number of benzene rings is 1. The second-order valence-corrected chi connectivity index (χ2v) is 7.55. The largest absolute Gasteiger partial charge is 0.496 e. The lowest BCUT2D eigenvalue weighted by Gasteiger charge is -2.37. The van der Waals surface area contributed by atoms with Crippen molar-refractivity contribution in [3.8, 4) is 5.75 Å². The van der Waals surface area contributed by atoms with Crippen LogP contribution in [-0.4, -0.2) is 79.9 Å². The molecule has 2 aliphatic heterocycles. The van der Waals surface area contributed by atoms with Crippen molar-refractivity contribution in [1.82, 2.24) is 19.7 Å². The van der Waals surface area contributed by atoms with Gasteiger partial charge in [-0.25, -0.2) is 0 Å². The van der Waals surface area contributed by atoms with Crippen molar-refractivity contribution in [1.29, 1.82) is 0 Å². The van der Waals surface area contributed by atoms with Gasteiger partial charge in [0.25, 0.3) is 0 Å². The van der Waals surface area contributed by atoms with Crippen molar-refractivity contribution >= 4 is 5.91 Å². The molecule has 2 aliphatic rings. The van der Waals surface area contributed by atoms with Gasteiger partial charge < -0.3 is 19.4 Å². The first kappa shape index (κ1) is 19.9. The standard InChI is InChI=1S/C22H30N4O3/c1-28-20-7-3-2-5-18(20)22-19-6-4-9-25(19)11-12-26(22)17-21(27)23-8-10-24-13-15-29-16-14-24/h2-7,9,22H,8,10-17H2,1H3,(H,23,27). The molecule has 156 valence electrons. The maximum atomic E-state index is 12.7. The number of hydrogen-bond donors (Lipinski definition) is 1. The second kappa shape index (κ2) is 9.43. The summed E-state index contributed by atoms with van der Waals surface area (Å²) >= 11 is 0. The van der Waals surface area contributed by atoms with Crippen LogP contribution in [0.25, 0.3) is 0 Å². The van der Waals surface area contributed by atoms with Gasteiger partial charge in [0.2, 0.25) is 5.91 Å². The van der Waals surface area contributed by atoms with Crippen LogP contribution >= 0.6 is 0 Å². The zero-order valence-corrected chi connectivity index (χ0v) is 17.0. The highest BCUT2D eigenvalue weighted by atomic mass is 16.5. The van der Waals surface area contributed by atoms with E-state index in [2.05, 4.69) is 44.1 Å². The number of fused-ring (bicyclic) bond motifs is 1. The van der Waals surface area contributed by atoms with Crippen LogP contribution in [0.2, 0.25) is 0 Å². The fourth-order valence-corrected chi connectivity index (χ4v) is 4.27. The molecule has 1 unspecified atom stereocenters. The van der Waals surface area contributed by atoms with Gasteiger partial charge in [0.15, 0.2) is 0 Å². The van der Waals surface area contributed by atoms with Crippen LogP contribution in [0, 0.1) is 0 Å². The van der Waals surface area contributed by atoms with Gasteiger partial charge in [0, 0.05) is 56.7 Å². The lowest BCUT2D eigenvalue weighted by Crippen LogP contribution is -2.46. The number of nitrogens with one attached hydrogen (secondary N) is 1. The normalized spacial score (nSPS) is 20.2. The Labute approximate surface area is 172 Å². The van der Waals surface area contributed by atoms with Gasteiger partial charge in [0.1, 0.15) is 5.75 Å². The summed E-state index contributed by atoms with van der Waals surface area (Å²) in [6.07, 6.45) is 2.11. The third-order valence-electron chi connectivity index (χ3n) is 5.77. The number of methoxy groups -OCH3 is 1. The van der Waals surface area contributed by atoms with E-state index >= 15 is 0 Å². The third-order valence-corrected chi connectivity index (χ3v) is 5.77. The van der Waals surface area contributed by atoms with E-state index in [4.69, 9.17) is 9.47 Å². The van der Waals surface area contributed by atoms with E-state index in [-0.39, 0.29) is 11.9 Å². The molecule has 3 heterocycles. The van der Waals surface area contributed by atoms with E-state index in [1.807, 2.05) is 18.2 Å². The van der Waals surface area contributed by atoms with Crippen molar-refractivity contribution < 1.29 is 14.3 Å². The van der Waals surface area contributed by atoms with Crippen LogP contribution < -0.4 is 10.1 Å². The topological polar surface area (TPSA) is 59.0 Å². The zero-order chi connectivity index (χ0) is 20.1. The summed E-state index contributed by atoms with van der Waals surface area (Å²) in [5.74, 6) is 0.919. The fraction of sp³-hybridized carbons (Fsp3) is 0.500. The molecule has 29 heavy (non-hydrogen) atoms. The van der Waals surface area contributed by atoms with Gasteiger partial charge in [-0.1, -0.05) is 18.2 Å². The number of carbonyl (C=O) groups excluding carboxylic acids is 1. The average Bonchev–Trinajstić information content (AvgIpc) is 3.23. The van der Waals surface area contributed by atoms with E-state index in [0.717, 1.165) is 57.3 Å². The first-order valence-electron chi connectivity index (χ1n) is 10.3. The predicted octanol–water partition coefficient (Wildman–Crippen LogP) is 1.35. The van der Waals surface area contributed by atoms with E-state index in [0.29, 0.717) is 13.1 Å². The SMILES string of the molecule is COc1ccccc1C1c2cccn2CCN1CC(=O)NCCN1CCOCC1. The molecule has 1 amide bonds. The quantitative estimate of drug-likeness (QED) is 0.763. The van der Waals surface area contributed by atoms with Crippen LogP contribution in [0.5, 0.6) is 5.75 Å². The minimum Gasteiger partial charge on any atom is -0.496 e.